The largest absolute Gasteiger partial charge is 0.497 e. The predicted octanol–water partition coefficient (Wildman–Crippen LogP) is 6.58. The van der Waals surface area contributed by atoms with Crippen LogP contribution in [0, 0.1) is 5.82 Å². The number of methoxy groups -OCH3 is 1. The van der Waals surface area contributed by atoms with Crippen LogP contribution in [-0.2, 0) is 4.74 Å². The van der Waals surface area contributed by atoms with E-state index in [0.29, 0.717) is 52.4 Å². The molecule has 10 heteroatoms. The Labute approximate surface area is 209 Å². The molecule has 1 saturated heterocycles. The van der Waals surface area contributed by atoms with Crippen LogP contribution in [-0.4, -0.2) is 54.3 Å². The number of carbonyl (C=O) groups is 1. The summed E-state index contributed by atoms with van der Waals surface area (Å²) in [6, 6.07) is 7.09. The standard InChI is InChI=1S/C23H24BrClFN3O3S/c1-23(2,3)32-22(30)29-9-7-28(8-10-29)21-15-12-17(25)18(19(26)20(15)27-33-21)14-11-13(31-4)5-6-16(14)24/h5-6,11-12H,7-10H2,1-4H3. The summed E-state index contributed by atoms with van der Waals surface area (Å²) < 4.78 is 31.5. The lowest BCUT2D eigenvalue weighted by Crippen LogP contribution is -2.50. The van der Waals surface area contributed by atoms with Crippen molar-refractivity contribution in [2.75, 3.05) is 38.2 Å². The summed E-state index contributed by atoms with van der Waals surface area (Å²) >= 11 is 11.3. The van der Waals surface area contributed by atoms with Gasteiger partial charge in [0.25, 0.3) is 0 Å². The van der Waals surface area contributed by atoms with Crippen LogP contribution < -0.4 is 9.64 Å². The molecular weight excluding hydrogens is 533 g/mol. The third-order valence-corrected chi connectivity index (χ3v) is 7.22. The molecular formula is C23H24BrClFN3O3S. The third-order valence-electron chi connectivity index (χ3n) is 5.31. The number of ether oxygens (including phenoxy) is 2. The summed E-state index contributed by atoms with van der Waals surface area (Å²) in [6.07, 6.45) is -0.320. The van der Waals surface area contributed by atoms with E-state index in [1.807, 2.05) is 20.8 Å². The van der Waals surface area contributed by atoms with Crippen molar-refractivity contribution in [3.63, 3.8) is 0 Å². The van der Waals surface area contributed by atoms with Gasteiger partial charge in [0, 0.05) is 47.2 Å². The van der Waals surface area contributed by atoms with Gasteiger partial charge in [0.15, 0.2) is 5.82 Å². The first-order chi connectivity index (χ1) is 15.6. The Hall–Kier alpha value is -2.10. The molecule has 0 bridgehead atoms. The van der Waals surface area contributed by atoms with Gasteiger partial charge in [0.05, 0.1) is 12.1 Å². The maximum absolute atomic E-state index is 15.6. The van der Waals surface area contributed by atoms with E-state index in [4.69, 9.17) is 21.1 Å². The highest BCUT2D eigenvalue weighted by Gasteiger charge is 2.28. The van der Waals surface area contributed by atoms with Crippen molar-refractivity contribution in [3.05, 3.63) is 39.6 Å². The molecule has 1 fully saturated rings. The first-order valence-electron chi connectivity index (χ1n) is 10.4. The van der Waals surface area contributed by atoms with Crippen LogP contribution in [0.5, 0.6) is 5.75 Å². The number of nitrogens with zero attached hydrogens (tertiary/aromatic N) is 3. The van der Waals surface area contributed by atoms with E-state index in [-0.39, 0.29) is 17.2 Å². The molecule has 0 N–H and O–H groups in total. The number of hydrogen-bond donors (Lipinski definition) is 0. The lowest BCUT2D eigenvalue weighted by Gasteiger charge is -2.36. The van der Waals surface area contributed by atoms with Crippen molar-refractivity contribution in [3.8, 4) is 16.9 Å². The molecule has 0 radical (unpaired) electrons. The second kappa shape index (κ2) is 9.27. The lowest BCUT2D eigenvalue weighted by molar-refractivity contribution is 0.0241. The Morgan fingerprint density at radius 1 is 1.21 bits per heavy atom. The Balaban J connectivity index is 1.62. The second-order valence-corrected chi connectivity index (χ2v) is 10.7. The predicted molar refractivity (Wildman–Crippen MR) is 134 cm³/mol. The summed E-state index contributed by atoms with van der Waals surface area (Å²) in [5.74, 6) is 0.131. The molecule has 33 heavy (non-hydrogen) atoms. The van der Waals surface area contributed by atoms with Crippen LogP contribution >= 0.6 is 39.1 Å². The van der Waals surface area contributed by atoms with Gasteiger partial charge >= 0.3 is 6.09 Å². The number of anilines is 1. The fourth-order valence-electron chi connectivity index (χ4n) is 3.72. The molecule has 0 spiro atoms. The maximum Gasteiger partial charge on any atom is 0.410 e. The van der Waals surface area contributed by atoms with Crippen LogP contribution in [0.25, 0.3) is 22.0 Å². The number of carbonyl (C=O) groups excluding carboxylic acids is 1. The van der Waals surface area contributed by atoms with Gasteiger partial charge in [-0.25, -0.2) is 9.18 Å². The van der Waals surface area contributed by atoms with E-state index in [2.05, 4.69) is 25.2 Å². The Bertz CT molecular complexity index is 1210. The molecule has 4 rings (SSSR count). The van der Waals surface area contributed by atoms with Crippen molar-refractivity contribution in [2.24, 2.45) is 0 Å². The Morgan fingerprint density at radius 2 is 1.91 bits per heavy atom. The number of hydrogen-bond acceptors (Lipinski definition) is 6. The van der Waals surface area contributed by atoms with Crippen LogP contribution in [0.3, 0.4) is 0 Å². The molecule has 1 aliphatic rings. The van der Waals surface area contributed by atoms with Gasteiger partial charge in [-0.05, 0) is 56.6 Å². The van der Waals surface area contributed by atoms with E-state index in [9.17, 15) is 4.79 Å². The molecule has 176 valence electrons. The number of piperazine rings is 1. The molecule has 1 amide bonds. The van der Waals surface area contributed by atoms with Crippen molar-refractivity contribution >= 4 is 61.1 Å². The minimum Gasteiger partial charge on any atom is -0.497 e. The Kier molecular flexibility index (Phi) is 6.75. The molecule has 3 aromatic rings. The molecule has 1 aromatic heterocycles. The number of aromatic nitrogens is 1. The summed E-state index contributed by atoms with van der Waals surface area (Å²) in [6.45, 7) is 7.76. The first-order valence-corrected chi connectivity index (χ1v) is 12.4. The van der Waals surface area contributed by atoms with Gasteiger partial charge in [0.2, 0.25) is 0 Å². The number of rotatable bonds is 3. The highest BCUT2D eigenvalue weighted by molar-refractivity contribution is 9.10. The maximum atomic E-state index is 15.6. The number of fused-ring (bicyclic) bond motifs is 1. The molecule has 1 aliphatic heterocycles. The summed E-state index contributed by atoms with van der Waals surface area (Å²) in [4.78, 5) is 16.1. The van der Waals surface area contributed by atoms with Crippen LogP contribution in [0.2, 0.25) is 5.02 Å². The molecule has 0 atom stereocenters. The lowest BCUT2D eigenvalue weighted by atomic mass is 10.0. The molecule has 0 aliphatic carbocycles. The molecule has 6 nitrogen and oxygen atoms in total. The number of halogens is 3. The van der Waals surface area contributed by atoms with Gasteiger partial charge in [0.1, 0.15) is 21.9 Å². The fraction of sp³-hybridized carbons (Fsp3) is 0.391. The van der Waals surface area contributed by atoms with E-state index in [0.717, 1.165) is 5.00 Å². The van der Waals surface area contributed by atoms with Crippen LogP contribution in [0.4, 0.5) is 14.2 Å². The van der Waals surface area contributed by atoms with Gasteiger partial charge in [-0.3, -0.25) is 0 Å². The third kappa shape index (κ3) is 4.90. The minimum absolute atomic E-state index is 0.277. The highest BCUT2D eigenvalue weighted by Crippen LogP contribution is 2.43. The zero-order valence-corrected chi connectivity index (χ0v) is 21.9. The quantitative estimate of drug-likeness (QED) is 0.365. The molecule has 0 saturated carbocycles. The summed E-state index contributed by atoms with van der Waals surface area (Å²) in [7, 11) is 1.56. The smallest absolute Gasteiger partial charge is 0.410 e. The van der Waals surface area contributed by atoms with Gasteiger partial charge in [-0.15, -0.1) is 0 Å². The zero-order valence-electron chi connectivity index (χ0n) is 18.7. The molecule has 0 unspecified atom stereocenters. The molecule has 2 heterocycles. The van der Waals surface area contributed by atoms with Crippen LogP contribution in [0.15, 0.2) is 28.7 Å². The summed E-state index contributed by atoms with van der Waals surface area (Å²) in [5.41, 5.74) is 0.616. The second-order valence-electron chi connectivity index (χ2n) is 8.73. The van der Waals surface area contributed by atoms with Crippen molar-refractivity contribution in [1.29, 1.82) is 0 Å². The average molecular weight is 557 g/mol. The van der Waals surface area contributed by atoms with Crippen LogP contribution in [0.1, 0.15) is 20.8 Å². The number of amides is 1. The van der Waals surface area contributed by atoms with Gasteiger partial charge < -0.3 is 19.3 Å². The first kappa shape index (κ1) is 24.0. The minimum atomic E-state index is -0.536. The summed E-state index contributed by atoms with van der Waals surface area (Å²) in [5, 5.41) is 1.80. The van der Waals surface area contributed by atoms with Crippen molar-refractivity contribution < 1.29 is 18.7 Å². The van der Waals surface area contributed by atoms with Crippen molar-refractivity contribution in [2.45, 2.75) is 26.4 Å². The van der Waals surface area contributed by atoms with E-state index < -0.39 is 11.4 Å². The highest BCUT2D eigenvalue weighted by atomic mass is 79.9. The Morgan fingerprint density at radius 3 is 2.55 bits per heavy atom. The van der Waals surface area contributed by atoms with Gasteiger partial charge in [-0.1, -0.05) is 27.5 Å². The SMILES string of the molecule is COc1ccc(Br)c(-c2c(Cl)cc3c(N4CCN(C(=O)OC(C)(C)C)CC4)snc3c2F)c1. The zero-order chi connectivity index (χ0) is 23.9. The topological polar surface area (TPSA) is 54.9 Å². The fourth-order valence-corrected chi connectivity index (χ4v) is 5.36. The number of benzene rings is 2. The van der Waals surface area contributed by atoms with E-state index in [1.54, 1.807) is 36.3 Å². The van der Waals surface area contributed by atoms with E-state index in [1.165, 1.54) is 11.5 Å². The molecule has 2 aromatic carbocycles. The monoisotopic (exact) mass is 555 g/mol. The van der Waals surface area contributed by atoms with E-state index >= 15 is 4.39 Å². The van der Waals surface area contributed by atoms with Gasteiger partial charge in [-0.2, -0.15) is 4.37 Å². The normalized spacial score (nSPS) is 14.6. The van der Waals surface area contributed by atoms with Crippen molar-refractivity contribution in [1.82, 2.24) is 9.27 Å². The average Bonchev–Trinajstić information content (AvgIpc) is 3.18.